The zero-order chi connectivity index (χ0) is 55.1. The van der Waals surface area contributed by atoms with Gasteiger partial charge in [0.15, 0.2) is 0 Å². The topological polar surface area (TPSA) is 324 Å². The fraction of sp³-hybridized carbons (Fsp3) is 0.480. The first-order chi connectivity index (χ1) is 34.9. The molecule has 74 heavy (non-hydrogen) atoms. The summed E-state index contributed by atoms with van der Waals surface area (Å²) in [5, 5.41) is 52.7. The summed E-state index contributed by atoms with van der Waals surface area (Å²) in [6, 6.07) is 6.75. The van der Waals surface area contributed by atoms with Gasteiger partial charge in [-0.2, -0.15) is 0 Å². The largest absolute Gasteiger partial charge is 0.481 e. The quantitative estimate of drug-likeness (QED) is 0.0283. The van der Waals surface area contributed by atoms with Gasteiger partial charge in [-0.1, -0.05) is 81.1 Å². The van der Waals surface area contributed by atoms with Crippen LogP contribution >= 0.6 is 45.3 Å². The van der Waals surface area contributed by atoms with Gasteiger partial charge in [0.1, 0.15) is 36.3 Å². The fourth-order valence-corrected chi connectivity index (χ4v) is 11.5. The molecule has 0 aliphatic rings. The lowest BCUT2D eigenvalue weighted by atomic mass is 9.94. The highest BCUT2D eigenvalue weighted by molar-refractivity contribution is 7.29. The predicted molar refractivity (Wildman–Crippen MR) is 282 cm³/mol. The molecule has 24 heteroatoms. The van der Waals surface area contributed by atoms with Crippen LogP contribution in [0.5, 0.6) is 0 Å². The number of carbonyl (C=O) groups excluding carboxylic acids is 6. The van der Waals surface area contributed by atoms with Crippen LogP contribution in [-0.4, -0.2) is 116 Å². The molecular weight excluding hydrogens is 1040 g/mol. The van der Waals surface area contributed by atoms with Gasteiger partial charge >= 0.3 is 23.9 Å². The molecule has 0 saturated heterocycles. The smallest absolute Gasteiger partial charge is 0.326 e. The van der Waals surface area contributed by atoms with Gasteiger partial charge in [-0.05, 0) is 72.2 Å². The van der Waals surface area contributed by atoms with Gasteiger partial charge in [-0.3, -0.25) is 38.4 Å². The van der Waals surface area contributed by atoms with E-state index in [0.717, 1.165) is 29.3 Å². The molecule has 4 heterocycles. The SMILES string of the molecule is CCC(C)[C@H](NC(=O)c1ccc(-c2ccc(-c3ccc(-c4ccc(C(=O)N[C@H](C(=O)N[C@H](C(=O)N[C@@H](CC(=O)O)C(=O)O)C(C)CC)C(C)CC)s4)s3)s2)s1)C(=O)N[C@H](C(=O)N[C@@H](CC(=O)O)C(=O)O)C(C)CC. The molecule has 6 amide bonds. The van der Waals surface area contributed by atoms with Crippen LogP contribution in [0.2, 0.25) is 0 Å². The van der Waals surface area contributed by atoms with E-state index in [1.807, 2.05) is 50.2 Å². The van der Waals surface area contributed by atoms with E-state index in [-0.39, 0.29) is 11.8 Å². The lowest BCUT2D eigenvalue weighted by Crippen LogP contribution is -2.59. The maximum atomic E-state index is 13.8. The molecule has 4 aromatic rings. The third-order valence-electron chi connectivity index (χ3n) is 12.7. The van der Waals surface area contributed by atoms with E-state index in [0.29, 0.717) is 35.4 Å². The molecule has 0 aliphatic heterocycles. The average Bonchev–Trinajstić information content (AvgIpc) is 4.21. The Morgan fingerprint density at radius 2 is 0.622 bits per heavy atom. The number of hydrogen-bond acceptors (Lipinski definition) is 14. The second-order valence-electron chi connectivity index (χ2n) is 18.1. The summed E-state index contributed by atoms with van der Waals surface area (Å²) in [4.78, 5) is 133. The van der Waals surface area contributed by atoms with Crippen molar-refractivity contribution in [2.24, 2.45) is 23.7 Å². The second kappa shape index (κ2) is 27.7. The molecular formula is C50H64N6O14S4. The third-order valence-corrected chi connectivity index (χ3v) is 17.7. The molecule has 4 unspecified atom stereocenters. The highest BCUT2D eigenvalue weighted by Crippen LogP contribution is 2.43. The molecule has 4 rings (SSSR count). The zero-order valence-electron chi connectivity index (χ0n) is 42.1. The first kappa shape index (κ1) is 60.1. The number of carbonyl (C=O) groups is 10. The Kier molecular flexibility index (Phi) is 22.5. The highest BCUT2D eigenvalue weighted by Gasteiger charge is 2.37. The van der Waals surface area contributed by atoms with Crippen molar-refractivity contribution in [2.45, 2.75) is 130 Å². The summed E-state index contributed by atoms with van der Waals surface area (Å²) in [5.41, 5.74) is 0. The van der Waals surface area contributed by atoms with Crippen molar-refractivity contribution in [3.8, 4) is 29.3 Å². The summed E-state index contributed by atoms with van der Waals surface area (Å²) >= 11 is 5.47. The van der Waals surface area contributed by atoms with Crippen molar-refractivity contribution in [2.75, 3.05) is 0 Å². The molecule has 0 spiro atoms. The molecule has 0 radical (unpaired) electrons. The minimum absolute atomic E-state index is 0.334. The van der Waals surface area contributed by atoms with E-state index in [1.165, 1.54) is 45.3 Å². The Morgan fingerprint density at radius 1 is 0.378 bits per heavy atom. The van der Waals surface area contributed by atoms with Gasteiger partial charge in [0.2, 0.25) is 23.6 Å². The number of thiophene rings is 4. The van der Waals surface area contributed by atoms with Gasteiger partial charge in [0, 0.05) is 29.3 Å². The fourth-order valence-electron chi connectivity index (χ4n) is 7.38. The van der Waals surface area contributed by atoms with E-state index in [1.54, 1.807) is 53.7 Å². The average molecular weight is 1100 g/mol. The van der Waals surface area contributed by atoms with Crippen molar-refractivity contribution in [1.82, 2.24) is 31.9 Å². The van der Waals surface area contributed by atoms with Crippen molar-refractivity contribution in [1.29, 1.82) is 0 Å². The molecule has 402 valence electrons. The summed E-state index contributed by atoms with van der Waals surface area (Å²) in [7, 11) is 0. The molecule has 10 N–H and O–H groups in total. The molecule has 0 aromatic carbocycles. The Hall–Kier alpha value is -6.50. The minimum atomic E-state index is -1.71. The summed E-state index contributed by atoms with van der Waals surface area (Å²) in [6.07, 6.45) is 0.0983. The maximum Gasteiger partial charge on any atom is 0.326 e. The molecule has 20 nitrogen and oxygen atoms in total. The third kappa shape index (κ3) is 16.2. The summed E-state index contributed by atoms with van der Waals surface area (Å²) < 4.78 is 0. The lowest BCUT2D eigenvalue weighted by molar-refractivity contribution is -0.147. The highest BCUT2D eigenvalue weighted by atomic mass is 32.1. The molecule has 0 aliphatic carbocycles. The Bertz CT molecular complexity index is 2500. The van der Waals surface area contributed by atoms with E-state index < -0.39 is 120 Å². The first-order valence-corrected chi connectivity index (χ1v) is 27.3. The maximum absolute atomic E-state index is 13.8. The van der Waals surface area contributed by atoms with Gasteiger partial charge in [-0.15, -0.1) is 45.3 Å². The Labute approximate surface area is 444 Å². The van der Waals surface area contributed by atoms with E-state index >= 15 is 0 Å². The van der Waals surface area contributed by atoms with Crippen LogP contribution in [0.4, 0.5) is 0 Å². The van der Waals surface area contributed by atoms with Crippen molar-refractivity contribution < 1.29 is 68.4 Å². The van der Waals surface area contributed by atoms with Crippen LogP contribution in [0.15, 0.2) is 48.5 Å². The van der Waals surface area contributed by atoms with Crippen molar-refractivity contribution in [3.05, 3.63) is 58.3 Å². The number of hydrogen-bond donors (Lipinski definition) is 10. The predicted octanol–water partition coefficient (Wildman–Crippen LogP) is 6.37. The summed E-state index contributed by atoms with van der Waals surface area (Å²) in [6.45, 7) is 14.2. The van der Waals surface area contributed by atoms with Crippen LogP contribution in [0.3, 0.4) is 0 Å². The van der Waals surface area contributed by atoms with Gasteiger partial charge in [0.25, 0.3) is 11.8 Å². The van der Waals surface area contributed by atoms with E-state index in [9.17, 15) is 58.2 Å². The standard InChI is InChI=1S/C50H64N6O14S4/c1-9-23(5)39(45(63)51-27(49(67)68)21-37(57)58)55-47(65)41(25(7)11-3)53-43(61)35-19-17-33(73-35)31-15-13-29(71-31)30-14-16-32(72-30)34-18-20-36(74-34)44(62)54-42(26(8)12-4)48(66)56-40(24(6)10-2)46(64)52-28(50(69)70)22-38(59)60/h13-20,23-28,39-42H,9-12,21-22H2,1-8H3,(H,51,63)(H,52,64)(H,53,61)(H,54,62)(H,55,65)(H,56,66)(H,57,58)(H,59,60)(H,67,68)(H,69,70)/t23?,24?,25?,26?,27-,28-,39-,40-,41-,42-/m0/s1. The molecule has 0 saturated carbocycles. The van der Waals surface area contributed by atoms with Crippen molar-refractivity contribution >= 4 is 105 Å². The lowest BCUT2D eigenvalue weighted by Gasteiger charge is -2.29. The zero-order valence-corrected chi connectivity index (χ0v) is 45.4. The summed E-state index contributed by atoms with van der Waals surface area (Å²) in [5.74, 6) is -11.7. The van der Waals surface area contributed by atoms with E-state index in [4.69, 9.17) is 10.2 Å². The molecule has 4 aromatic heterocycles. The van der Waals surface area contributed by atoms with E-state index in [2.05, 4.69) is 31.9 Å². The normalized spacial score (nSPS) is 15.3. The number of amides is 6. The minimum Gasteiger partial charge on any atom is -0.481 e. The van der Waals surface area contributed by atoms with Crippen LogP contribution in [-0.2, 0) is 38.4 Å². The molecule has 0 fully saturated rings. The first-order valence-electron chi connectivity index (χ1n) is 24.1. The number of aliphatic carboxylic acids is 4. The molecule has 0 bridgehead atoms. The van der Waals surface area contributed by atoms with Gasteiger partial charge in [-0.25, -0.2) is 9.59 Å². The molecule has 10 atom stereocenters. The van der Waals surface area contributed by atoms with Crippen LogP contribution in [0.25, 0.3) is 29.3 Å². The van der Waals surface area contributed by atoms with Crippen molar-refractivity contribution in [3.63, 3.8) is 0 Å². The van der Waals surface area contributed by atoms with Gasteiger partial charge in [0.05, 0.1) is 22.6 Å². The number of carboxylic acids is 4. The number of nitrogens with one attached hydrogen (secondary N) is 6. The second-order valence-corrected chi connectivity index (χ2v) is 22.4. The van der Waals surface area contributed by atoms with Gasteiger partial charge < -0.3 is 52.3 Å². The number of rotatable bonds is 29. The number of carboxylic acid groups (broad SMARTS) is 4. The van der Waals surface area contributed by atoms with Crippen LogP contribution in [0.1, 0.15) is 113 Å². The van der Waals surface area contributed by atoms with Crippen LogP contribution < -0.4 is 31.9 Å². The Morgan fingerprint density at radius 3 is 0.878 bits per heavy atom. The van der Waals surface area contributed by atoms with Crippen LogP contribution in [0, 0.1) is 23.7 Å². The Balaban J connectivity index is 1.45. The monoisotopic (exact) mass is 1100 g/mol.